The summed E-state index contributed by atoms with van der Waals surface area (Å²) in [4.78, 5) is 9.21. The number of nitrogens with two attached hydrogens (primary N) is 1. The fourth-order valence-electron chi connectivity index (χ4n) is 1.47. The highest BCUT2D eigenvalue weighted by Gasteiger charge is 2.08. The molecule has 104 valence electrons. The molecule has 0 aliphatic heterocycles. The van der Waals surface area contributed by atoms with Gasteiger partial charge in [-0.3, -0.25) is 5.43 Å². The maximum atomic E-state index is 10.9. The van der Waals surface area contributed by atoms with E-state index in [1.54, 1.807) is 0 Å². The molecule has 0 aliphatic rings. The van der Waals surface area contributed by atoms with Gasteiger partial charge in [0.25, 0.3) is 0 Å². The minimum atomic E-state index is -3.18. The van der Waals surface area contributed by atoms with Gasteiger partial charge in [0.1, 0.15) is 10.6 Å². The summed E-state index contributed by atoms with van der Waals surface area (Å²) in [5.74, 6) is 6.23. The lowest BCUT2D eigenvalue weighted by Gasteiger charge is -2.08. The quantitative estimate of drug-likeness (QED) is 0.335. The Kier molecular flexibility index (Phi) is 4.14. The summed E-state index contributed by atoms with van der Waals surface area (Å²) in [6.45, 7) is 0.693. The van der Waals surface area contributed by atoms with Crippen molar-refractivity contribution in [2.24, 2.45) is 5.84 Å². The monoisotopic (exact) mass is 302 g/mol. The van der Waals surface area contributed by atoms with E-state index in [4.69, 9.17) is 5.84 Å². The minimum Gasteiger partial charge on any atom is -0.368 e. The Bertz CT molecular complexity index is 668. The predicted molar refractivity (Wildman–Crippen MR) is 76.6 cm³/mol. The van der Waals surface area contributed by atoms with Crippen LogP contribution in [0.15, 0.2) is 11.4 Å². The van der Waals surface area contributed by atoms with Crippen LogP contribution in [0.3, 0.4) is 0 Å². The highest BCUT2D eigenvalue weighted by molar-refractivity contribution is 7.88. The van der Waals surface area contributed by atoms with Crippen molar-refractivity contribution in [3.05, 3.63) is 11.4 Å². The zero-order valence-corrected chi connectivity index (χ0v) is 11.8. The van der Waals surface area contributed by atoms with Gasteiger partial charge in [-0.15, -0.1) is 11.3 Å². The van der Waals surface area contributed by atoms with Crippen molar-refractivity contribution < 1.29 is 8.42 Å². The molecule has 2 aromatic rings. The molecule has 0 saturated heterocycles. The number of nitrogens with zero attached hydrogens (tertiary/aromatic N) is 2. The van der Waals surface area contributed by atoms with Gasteiger partial charge in [0.05, 0.1) is 11.6 Å². The molecular formula is C9H14N6O2S2. The molecule has 0 spiro atoms. The summed E-state index contributed by atoms with van der Waals surface area (Å²) in [5, 5.41) is 5.83. The van der Waals surface area contributed by atoms with Gasteiger partial charge in [-0.1, -0.05) is 0 Å². The number of thiophene rings is 1. The van der Waals surface area contributed by atoms with Gasteiger partial charge in [-0.2, -0.15) is 4.98 Å². The van der Waals surface area contributed by atoms with Crippen LogP contribution in [-0.2, 0) is 10.0 Å². The Morgan fingerprint density at radius 3 is 2.84 bits per heavy atom. The number of anilines is 2. The van der Waals surface area contributed by atoms with Crippen molar-refractivity contribution in [1.82, 2.24) is 14.7 Å². The Labute approximate surface area is 114 Å². The zero-order valence-electron chi connectivity index (χ0n) is 10.2. The normalized spacial score (nSPS) is 11.7. The van der Waals surface area contributed by atoms with Crippen LogP contribution in [0.2, 0.25) is 0 Å². The van der Waals surface area contributed by atoms with Crippen molar-refractivity contribution in [2.45, 2.75) is 0 Å². The molecule has 2 heterocycles. The van der Waals surface area contributed by atoms with Crippen LogP contribution < -0.4 is 21.3 Å². The molecule has 8 nitrogen and oxygen atoms in total. The fourth-order valence-corrected chi connectivity index (χ4v) is 2.71. The van der Waals surface area contributed by atoms with E-state index in [0.717, 1.165) is 16.5 Å². The number of hydrazine groups is 1. The Hall–Kier alpha value is -1.49. The second-order valence-corrected chi connectivity index (χ2v) is 6.50. The van der Waals surface area contributed by atoms with E-state index in [-0.39, 0.29) is 6.54 Å². The van der Waals surface area contributed by atoms with Gasteiger partial charge in [0.2, 0.25) is 16.0 Å². The highest BCUT2D eigenvalue weighted by Crippen LogP contribution is 2.25. The van der Waals surface area contributed by atoms with Crippen molar-refractivity contribution in [1.29, 1.82) is 0 Å². The van der Waals surface area contributed by atoms with Gasteiger partial charge in [0, 0.05) is 13.1 Å². The summed E-state index contributed by atoms with van der Waals surface area (Å²) >= 11 is 1.48. The number of nitrogen functional groups attached to an aromatic ring is 1. The van der Waals surface area contributed by atoms with Crippen LogP contribution in [-0.4, -0.2) is 37.7 Å². The van der Waals surface area contributed by atoms with Gasteiger partial charge in [-0.05, 0) is 11.4 Å². The Morgan fingerprint density at radius 2 is 2.16 bits per heavy atom. The number of rotatable bonds is 6. The molecule has 10 heteroatoms. The van der Waals surface area contributed by atoms with Crippen molar-refractivity contribution >= 4 is 43.3 Å². The van der Waals surface area contributed by atoms with Crippen molar-refractivity contribution in [3.8, 4) is 0 Å². The molecule has 0 atom stereocenters. The van der Waals surface area contributed by atoms with Gasteiger partial charge >= 0.3 is 0 Å². The fraction of sp³-hybridized carbons (Fsp3) is 0.333. The first-order valence-corrected chi connectivity index (χ1v) is 8.17. The molecule has 0 fully saturated rings. The molecule has 0 aliphatic carbocycles. The van der Waals surface area contributed by atoms with Crippen LogP contribution in [0.1, 0.15) is 0 Å². The minimum absolute atomic E-state index is 0.278. The molecule has 5 N–H and O–H groups in total. The Balaban J connectivity index is 2.09. The lowest BCUT2D eigenvalue weighted by Crippen LogP contribution is -2.27. The van der Waals surface area contributed by atoms with Crippen LogP contribution in [0.5, 0.6) is 0 Å². The lowest BCUT2D eigenvalue weighted by molar-refractivity contribution is 0.589. The molecule has 2 aromatic heterocycles. The second-order valence-electron chi connectivity index (χ2n) is 3.77. The molecule has 0 unspecified atom stereocenters. The summed E-state index contributed by atoms with van der Waals surface area (Å²) < 4.78 is 24.2. The first-order valence-electron chi connectivity index (χ1n) is 5.40. The zero-order chi connectivity index (χ0) is 13.9. The maximum Gasteiger partial charge on any atom is 0.240 e. The number of sulfonamides is 1. The number of hydrogen-bond acceptors (Lipinski definition) is 8. The second kappa shape index (κ2) is 5.65. The number of fused-ring (bicyclic) bond motifs is 1. The molecule has 19 heavy (non-hydrogen) atoms. The average molecular weight is 302 g/mol. The third kappa shape index (κ3) is 3.73. The van der Waals surface area contributed by atoms with Crippen LogP contribution in [0.25, 0.3) is 10.2 Å². The van der Waals surface area contributed by atoms with Crippen LogP contribution in [0.4, 0.5) is 11.8 Å². The van der Waals surface area contributed by atoms with Crippen LogP contribution >= 0.6 is 11.3 Å². The van der Waals surface area contributed by atoms with Gasteiger partial charge in [0.15, 0.2) is 0 Å². The Morgan fingerprint density at radius 1 is 1.37 bits per heavy atom. The third-order valence-electron chi connectivity index (χ3n) is 2.24. The molecular weight excluding hydrogens is 288 g/mol. The third-order valence-corrected chi connectivity index (χ3v) is 3.77. The summed E-state index contributed by atoms with van der Waals surface area (Å²) in [7, 11) is -3.18. The molecule has 0 aromatic carbocycles. The van der Waals surface area contributed by atoms with Crippen LogP contribution in [0, 0.1) is 0 Å². The predicted octanol–water partition coefficient (Wildman–Crippen LogP) is -0.0620. The molecule has 0 amide bonds. The topological polar surface area (TPSA) is 122 Å². The van der Waals surface area contributed by atoms with E-state index in [1.807, 2.05) is 11.4 Å². The summed E-state index contributed by atoms with van der Waals surface area (Å²) in [5.41, 5.74) is 2.40. The molecule has 2 rings (SSSR count). The summed E-state index contributed by atoms with van der Waals surface area (Å²) in [6.07, 6.45) is 1.12. The summed E-state index contributed by atoms with van der Waals surface area (Å²) in [6, 6.07) is 1.90. The standard InChI is InChI=1S/C9H14N6O2S2/c1-19(16,17)12-4-3-11-7-6-2-5-18-8(6)14-9(13-7)15-10/h2,5,12H,3-4,10H2,1H3,(H2,11,13,14,15). The van der Waals surface area contributed by atoms with Gasteiger partial charge < -0.3 is 5.32 Å². The van der Waals surface area contributed by atoms with Crippen molar-refractivity contribution in [3.63, 3.8) is 0 Å². The van der Waals surface area contributed by atoms with E-state index in [0.29, 0.717) is 18.3 Å². The molecule has 0 saturated carbocycles. The maximum absolute atomic E-state index is 10.9. The number of hydrogen-bond donors (Lipinski definition) is 4. The first kappa shape index (κ1) is 13.9. The average Bonchev–Trinajstić information content (AvgIpc) is 2.81. The first-order chi connectivity index (χ1) is 8.99. The van der Waals surface area contributed by atoms with E-state index in [2.05, 4.69) is 25.4 Å². The smallest absolute Gasteiger partial charge is 0.240 e. The van der Waals surface area contributed by atoms with E-state index in [1.165, 1.54) is 11.3 Å². The molecule has 0 radical (unpaired) electrons. The number of nitrogens with one attached hydrogen (secondary N) is 3. The van der Waals surface area contributed by atoms with E-state index >= 15 is 0 Å². The molecule has 0 bridgehead atoms. The van der Waals surface area contributed by atoms with Crippen molar-refractivity contribution in [2.75, 3.05) is 30.1 Å². The lowest BCUT2D eigenvalue weighted by atomic mass is 10.4. The largest absolute Gasteiger partial charge is 0.368 e. The number of aromatic nitrogens is 2. The van der Waals surface area contributed by atoms with E-state index in [9.17, 15) is 8.42 Å². The SMILES string of the molecule is CS(=O)(=O)NCCNc1nc(NN)nc2sccc12. The highest BCUT2D eigenvalue weighted by atomic mass is 32.2. The van der Waals surface area contributed by atoms with E-state index < -0.39 is 10.0 Å². The van der Waals surface area contributed by atoms with Gasteiger partial charge in [-0.25, -0.2) is 24.0 Å².